The lowest BCUT2D eigenvalue weighted by Crippen LogP contribution is -2.41. The summed E-state index contributed by atoms with van der Waals surface area (Å²) in [7, 11) is 1.63. The number of ketones is 1. The van der Waals surface area contributed by atoms with Crippen molar-refractivity contribution in [2.75, 3.05) is 23.4 Å². The second kappa shape index (κ2) is 12.9. The van der Waals surface area contributed by atoms with Gasteiger partial charge < -0.3 is 24.3 Å². The summed E-state index contributed by atoms with van der Waals surface area (Å²) in [6.07, 6.45) is 5.68. The van der Waals surface area contributed by atoms with Crippen LogP contribution >= 0.6 is 0 Å². The van der Waals surface area contributed by atoms with Gasteiger partial charge in [0.05, 0.1) is 18.8 Å². The number of anilines is 3. The Hall–Kier alpha value is -5.54. The molecule has 5 heterocycles. The van der Waals surface area contributed by atoms with E-state index in [0.717, 1.165) is 12.8 Å². The van der Waals surface area contributed by atoms with E-state index in [-0.39, 0.29) is 53.6 Å². The topological polar surface area (TPSA) is 155 Å². The molecule has 1 amide bonds. The van der Waals surface area contributed by atoms with E-state index in [2.05, 4.69) is 40.3 Å². The number of aromatic nitrogens is 4. The molecular formula is C36H37N7O5. The van der Waals surface area contributed by atoms with Gasteiger partial charge in [0, 0.05) is 61.8 Å². The van der Waals surface area contributed by atoms with Gasteiger partial charge in [0.2, 0.25) is 5.88 Å². The molecule has 4 aromatic rings. The number of fused-ring (bicyclic) bond motifs is 3. The predicted octanol–water partition coefficient (Wildman–Crippen LogP) is 4.47. The van der Waals surface area contributed by atoms with Gasteiger partial charge in [-0.25, -0.2) is 4.98 Å². The first kappa shape index (κ1) is 32.4. The molecule has 2 aliphatic rings. The molecule has 0 fully saturated rings. The third-order valence-corrected chi connectivity index (χ3v) is 8.82. The Balaban J connectivity index is 1.23. The van der Waals surface area contributed by atoms with Crippen molar-refractivity contribution in [3.8, 4) is 23.1 Å². The number of aliphatic hydroxyl groups is 1. The number of aryl methyl sites for hydroxylation is 1. The summed E-state index contributed by atoms with van der Waals surface area (Å²) < 4.78 is 9.26. The summed E-state index contributed by atoms with van der Waals surface area (Å²) in [4.78, 5) is 49.4. The molecular weight excluding hydrogens is 610 g/mol. The molecule has 246 valence electrons. The van der Waals surface area contributed by atoms with Gasteiger partial charge in [-0.15, -0.1) is 0 Å². The highest BCUT2D eigenvalue weighted by Gasteiger charge is 2.37. The number of Topliss-reactive ketones (excluding diaryl/α,β-unsaturated/α-hetero) is 1. The van der Waals surface area contributed by atoms with Crippen LogP contribution in [0.1, 0.15) is 54.0 Å². The predicted molar refractivity (Wildman–Crippen MR) is 180 cm³/mol. The Kier molecular flexibility index (Phi) is 8.73. The fourth-order valence-electron chi connectivity index (χ4n) is 6.53. The van der Waals surface area contributed by atoms with E-state index in [1.165, 1.54) is 15.8 Å². The van der Waals surface area contributed by atoms with Gasteiger partial charge in [0.25, 0.3) is 11.5 Å². The quantitative estimate of drug-likeness (QED) is 0.136. The molecule has 0 unspecified atom stereocenters. The molecule has 0 atom stereocenters. The van der Waals surface area contributed by atoms with Crippen molar-refractivity contribution >= 4 is 29.0 Å². The van der Waals surface area contributed by atoms with Crippen LogP contribution in [0.4, 0.5) is 17.3 Å². The highest BCUT2D eigenvalue weighted by molar-refractivity contribution is 6.06. The first-order chi connectivity index (χ1) is 23.0. The van der Waals surface area contributed by atoms with Gasteiger partial charge in [-0.1, -0.05) is 26.5 Å². The van der Waals surface area contributed by atoms with Crippen molar-refractivity contribution in [1.29, 1.82) is 5.26 Å². The fraction of sp³-hybridized carbons (Fsp3) is 0.333. The number of ether oxygens (including phenoxy) is 1. The molecule has 48 heavy (non-hydrogen) atoms. The van der Waals surface area contributed by atoms with Crippen molar-refractivity contribution in [2.24, 2.45) is 12.5 Å². The van der Waals surface area contributed by atoms with E-state index in [4.69, 9.17) is 10.00 Å². The van der Waals surface area contributed by atoms with E-state index in [1.807, 2.05) is 6.07 Å². The lowest BCUT2D eigenvalue weighted by Gasteiger charge is -2.31. The molecule has 0 saturated heterocycles. The number of rotatable bonds is 11. The second-order valence-corrected chi connectivity index (χ2v) is 13.0. The van der Waals surface area contributed by atoms with Gasteiger partial charge in [0.15, 0.2) is 5.78 Å². The second-order valence-electron chi connectivity index (χ2n) is 13.0. The first-order valence-corrected chi connectivity index (χ1v) is 15.8. The number of hydrogen-bond acceptors (Lipinski definition) is 9. The number of nitrogens with one attached hydrogen (secondary N) is 1. The highest BCUT2D eigenvalue weighted by atomic mass is 16.5. The van der Waals surface area contributed by atoms with Crippen LogP contribution in [0.25, 0.3) is 11.1 Å². The number of aliphatic hydroxyl groups excluding tert-OH is 1. The SMILES string of the molecule is C=C(C#N)C(=O)CCCOc1cccc(Nc2cc(-c3ccnc(N4CCn5c(cc6c5CC(C)(C)C6)C4=O)c3CO)cn(C)c2=O)n1. The van der Waals surface area contributed by atoms with Crippen LogP contribution in [-0.2, 0) is 37.8 Å². The standard InChI is InChI=1S/C36H37N7O5/c1-22(19-37)30(45)7-6-14-48-32-9-5-8-31(40-32)39-27-15-24(20-41(4)34(27)46)25-10-11-38-33(26(25)21-44)43-13-12-42-28(35(43)47)16-23-17-36(2,3)18-29(23)42/h5,8-11,15-16,20,44H,1,6-7,12-14,17-18,21H2,2-4H3,(H,39,40). The van der Waals surface area contributed by atoms with E-state index in [1.54, 1.807) is 60.7 Å². The van der Waals surface area contributed by atoms with E-state index >= 15 is 0 Å². The van der Waals surface area contributed by atoms with Crippen molar-refractivity contribution in [2.45, 2.75) is 52.7 Å². The average molecular weight is 648 g/mol. The monoisotopic (exact) mass is 647 g/mol. The maximum Gasteiger partial charge on any atom is 0.276 e. The van der Waals surface area contributed by atoms with Gasteiger partial charge >= 0.3 is 0 Å². The molecule has 12 heteroatoms. The molecule has 0 bridgehead atoms. The Morgan fingerprint density at radius 2 is 2.00 bits per heavy atom. The summed E-state index contributed by atoms with van der Waals surface area (Å²) in [5.41, 5.74) is 4.90. The summed E-state index contributed by atoms with van der Waals surface area (Å²) in [6, 6.07) is 12.3. The summed E-state index contributed by atoms with van der Waals surface area (Å²) in [5, 5.41) is 22.5. The average Bonchev–Trinajstić information content (AvgIpc) is 3.56. The van der Waals surface area contributed by atoms with Crippen LogP contribution in [-0.4, -0.2) is 49.1 Å². The lowest BCUT2D eigenvalue weighted by molar-refractivity contribution is -0.115. The van der Waals surface area contributed by atoms with Crippen LogP contribution in [0.5, 0.6) is 5.88 Å². The first-order valence-electron chi connectivity index (χ1n) is 15.8. The van der Waals surface area contributed by atoms with E-state index in [9.17, 15) is 19.5 Å². The van der Waals surface area contributed by atoms with Crippen molar-refractivity contribution in [1.82, 2.24) is 19.1 Å². The van der Waals surface area contributed by atoms with Crippen LogP contribution in [0.2, 0.25) is 0 Å². The minimum absolute atomic E-state index is 0.0835. The molecule has 12 nitrogen and oxygen atoms in total. The number of carbonyl (C=O) groups excluding carboxylic acids is 2. The van der Waals surface area contributed by atoms with E-state index in [0.29, 0.717) is 59.4 Å². The number of hydrogen-bond donors (Lipinski definition) is 2. The molecule has 4 aromatic heterocycles. The molecule has 1 aliphatic heterocycles. The number of amides is 1. The highest BCUT2D eigenvalue weighted by Crippen LogP contribution is 2.40. The van der Waals surface area contributed by atoms with Gasteiger partial charge in [-0.05, 0) is 60.1 Å². The molecule has 0 spiro atoms. The van der Waals surface area contributed by atoms with Crippen molar-refractivity contribution < 1.29 is 19.4 Å². The number of pyridine rings is 3. The maximum atomic E-state index is 13.8. The smallest absolute Gasteiger partial charge is 0.276 e. The molecule has 2 N–H and O–H groups in total. The fourth-order valence-corrected chi connectivity index (χ4v) is 6.53. The Labute approximate surface area is 277 Å². The minimum Gasteiger partial charge on any atom is -0.478 e. The zero-order valence-electron chi connectivity index (χ0n) is 27.2. The maximum absolute atomic E-state index is 13.8. The van der Waals surface area contributed by atoms with Crippen LogP contribution < -0.4 is 20.5 Å². The van der Waals surface area contributed by atoms with Crippen LogP contribution in [0.15, 0.2) is 65.7 Å². The Morgan fingerprint density at radius 1 is 1.19 bits per heavy atom. The zero-order chi connectivity index (χ0) is 34.2. The third-order valence-electron chi connectivity index (χ3n) is 8.82. The van der Waals surface area contributed by atoms with E-state index < -0.39 is 0 Å². The summed E-state index contributed by atoms with van der Waals surface area (Å²) in [6.45, 7) is 8.82. The molecule has 6 rings (SSSR count). The number of allylic oxidation sites excluding steroid dienone is 1. The third kappa shape index (κ3) is 6.24. The van der Waals surface area contributed by atoms with Crippen molar-refractivity contribution in [3.63, 3.8) is 0 Å². The zero-order valence-corrected chi connectivity index (χ0v) is 27.2. The van der Waals surface area contributed by atoms with Gasteiger partial charge in [-0.3, -0.25) is 19.3 Å². The lowest BCUT2D eigenvalue weighted by atomic mass is 9.90. The molecule has 0 saturated carbocycles. The van der Waals surface area contributed by atoms with Crippen LogP contribution in [0.3, 0.4) is 0 Å². The summed E-state index contributed by atoms with van der Waals surface area (Å²) >= 11 is 0. The number of nitrogens with zero attached hydrogens (tertiary/aromatic N) is 6. The summed E-state index contributed by atoms with van der Waals surface area (Å²) in [5.74, 6) is 0.582. The molecule has 1 aliphatic carbocycles. The van der Waals surface area contributed by atoms with Gasteiger partial charge in [-0.2, -0.15) is 10.2 Å². The minimum atomic E-state index is -0.364. The van der Waals surface area contributed by atoms with Crippen LogP contribution in [0, 0.1) is 16.7 Å². The van der Waals surface area contributed by atoms with Gasteiger partial charge in [0.1, 0.15) is 29.1 Å². The largest absolute Gasteiger partial charge is 0.478 e. The molecule has 0 aromatic carbocycles. The number of carbonyl (C=O) groups is 2. The van der Waals surface area contributed by atoms with Crippen molar-refractivity contribution in [3.05, 3.63) is 93.8 Å². The Bertz CT molecular complexity index is 2050. The Morgan fingerprint density at radius 3 is 2.77 bits per heavy atom. The number of nitriles is 1. The normalized spacial score (nSPS) is 14.6. The molecule has 0 radical (unpaired) electrons.